The lowest BCUT2D eigenvalue weighted by atomic mass is 9.76. The van der Waals surface area contributed by atoms with Crippen LogP contribution in [0.15, 0.2) is 24.3 Å². The van der Waals surface area contributed by atoms with Crippen molar-refractivity contribution in [3.8, 4) is 5.75 Å². The second-order valence-corrected chi connectivity index (χ2v) is 9.11. The first-order chi connectivity index (χ1) is 12.1. The molecule has 3 nitrogen and oxygen atoms in total. The number of fused-ring (bicyclic) bond motifs is 2. The van der Waals surface area contributed by atoms with E-state index in [0.717, 1.165) is 12.1 Å². The molecule has 0 N–H and O–H groups in total. The lowest BCUT2D eigenvalue weighted by molar-refractivity contribution is -0.143. The number of carbonyl (C=O) groups excluding carboxylic acids is 1. The molecule has 1 aromatic rings. The Morgan fingerprint density at radius 2 is 2.00 bits per heavy atom. The summed E-state index contributed by atoms with van der Waals surface area (Å²) >= 11 is 0. The molecule has 1 fully saturated rings. The predicted octanol–water partition coefficient (Wildman–Crippen LogP) is 4.77. The smallest absolute Gasteiger partial charge is 0.316 e. The van der Waals surface area contributed by atoms with Gasteiger partial charge >= 0.3 is 5.97 Å². The van der Waals surface area contributed by atoms with Crippen LogP contribution in [0, 0.1) is 29.0 Å². The number of carbonyl (C=O) groups is 1. The molecule has 26 heavy (non-hydrogen) atoms. The van der Waals surface area contributed by atoms with Gasteiger partial charge in [0.25, 0.3) is 0 Å². The zero-order valence-electron chi connectivity index (χ0n) is 16.5. The summed E-state index contributed by atoms with van der Waals surface area (Å²) in [7, 11) is 4.13. The summed E-state index contributed by atoms with van der Waals surface area (Å²) < 4.78 is 20.2. The van der Waals surface area contributed by atoms with Crippen molar-refractivity contribution in [2.75, 3.05) is 20.6 Å². The van der Waals surface area contributed by atoms with Crippen LogP contribution in [0.3, 0.4) is 0 Å². The van der Waals surface area contributed by atoms with Crippen LogP contribution in [0.4, 0.5) is 4.39 Å². The highest BCUT2D eigenvalue weighted by atomic mass is 19.1. The summed E-state index contributed by atoms with van der Waals surface area (Å²) in [6, 6.07) is 4.67. The fourth-order valence-electron chi connectivity index (χ4n) is 4.18. The number of rotatable bonds is 4. The molecule has 3 rings (SSSR count). The van der Waals surface area contributed by atoms with Gasteiger partial charge < -0.3 is 9.64 Å². The number of hydrogen-bond acceptors (Lipinski definition) is 3. The van der Waals surface area contributed by atoms with Crippen molar-refractivity contribution >= 4 is 11.5 Å². The average molecular weight is 359 g/mol. The quantitative estimate of drug-likeness (QED) is 0.573. The van der Waals surface area contributed by atoms with Gasteiger partial charge in [-0.3, -0.25) is 4.79 Å². The van der Waals surface area contributed by atoms with E-state index in [-0.39, 0.29) is 11.8 Å². The van der Waals surface area contributed by atoms with Gasteiger partial charge in [-0.2, -0.15) is 0 Å². The first-order valence-corrected chi connectivity index (χ1v) is 9.54. The van der Waals surface area contributed by atoms with E-state index < -0.39 is 5.41 Å². The van der Waals surface area contributed by atoms with Crippen LogP contribution >= 0.6 is 0 Å². The molecule has 4 heteroatoms. The zero-order valence-corrected chi connectivity index (χ0v) is 16.5. The maximum Gasteiger partial charge on any atom is 0.316 e. The molecule has 0 aromatic heterocycles. The molecular weight excluding hydrogens is 329 g/mol. The van der Waals surface area contributed by atoms with Gasteiger partial charge in [0.2, 0.25) is 0 Å². The number of halogens is 1. The van der Waals surface area contributed by atoms with Crippen molar-refractivity contribution in [3.63, 3.8) is 0 Å². The minimum Gasteiger partial charge on any atom is -0.426 e. The zero-order chi connectivity index (χ0) is 19.1. The minimum absolute atomic E-state index is 0.239. The largest absolute Gasteiger partial charge is 0.426 e. The van der Waals surface area contributed by atoms with E-state index in [1.807, 2.05) is 20.8 Å². The first-order valence-electron chi connectivity index (χ1n) is 9.54. The average Bonchev–Trinajstić information content (AvgIpc) is 2.93. The number of allylic oxidation sites excluding steroid dienone is 1. The van der Waals surface area contributed by atoms with Gasteiger partial charge in [-0.25, -0.2) is 4.39 Å². The number of ether oxygens (including phenoxy) is 1. The van der Waals surface area contributed by atoms with Crippen molar-refractivity contribution in [2.24, 2.45) is 23.2 Å². The summed E-state index contributed by atoms with van der Waals surface area (Å²) in [4.78, 5) is 14.4. The molecule has 0 amide bonds. The van der Waals surface area contributed by atoms with Gasteiger partial charge in [0, 0.05) is 12.1 Å². The van der Waals surface area contributed by atoms with E-state index in [0.29, 0.717) is 29.1 Å². The Labute approximate surface area is 156 Å². The standard InChI is InChI=1S/C22H30FNO2/c1-22(2,3)21(25)26-16-8-9-20(23)18(12-16)17-11-14-6-7-15(10-14)19(17)13-24(4)5/h8-9,11-12,14-15,19H,6-7,10,13H2,1-5H3. The van der Waals surface area contributed by atoms with E-state index in [1.54, 1.807) is 12.1 Å². The second-order valence-electron chi connectivity index (χ2n) is 9.11. The molecule has 142 valence electrons. The summed E-state index contributed by atoms with van der Waals surface area (Å²) in [6.07, 6.45) is 5.88. The Morgan fingerprint density at radius 3 is 2.65 bits per heavy atom. The van der Waals surface area contributed by atoms with Gasteiger partial charge in [-0.05, 0) is 95.7 Å². The number of hydrogen-bond donors (Lipinski definition) is 0. The molecule has 2 aliphatic rings. The van der Waals surface area contributed by atoms with Crippen LogP contribution in [0.5, 0.6) is 5.75 Å². The molecule has 0 aliphatic heterocycles. The lowest BCUT2D eigenvalue weighted by Crippen LogP contribution is -2.30. The van der Waals surface area contributed by atoms with Crippen molar-refractivity contribution in [2.45, 2.75) is 40.0 Å². The summed E-state index contributed by atoms with van der Waals surface area (Å²) in [6.45, 7) is 6.35. The molecular formula is C22H30FNO2. The van der Waals surface area contributed by atoms with Gasteiger partial charge in [-0.15, -0.1) is 0 Å². The van der Waals surface area contributed by atoms with E-state index in [4.69, 9.17) is 4.74 Å². The predicted molar refractivity (Wildman–Crippen MR) is 102 cm³/mol. The minimum atomic E-state index is -0.592. The van der Waals surface area contributed by atoms with Gasteiger partial charge in [-0.1, -0.05) is 6.08 Å². The van der Waals surface area contributed by atoms with E-state index in [1.165, 1.54) is 25.3 Å². The van der Waals surface area contributed by atoms with Gasteiger partial charge in [0.1, 0.15) is 11.6 Å². The summed E-state index contributed by atoms with van der Waals surface area (Å²) in [5.41, 5.74) is 1.09. The third-order valence-corrected chi connectivity index (χ3v) is 5.53. The summed E-state index contributed by atoms with van der Waals surface area (Å²) in [5.74, 6) is 1.36. The fraction of sp³-hybridized carbons (Fsp3) is 0.591. The number of esters is 1. The lowest BCUT2D eigenvalue weighted by Gasteiger charge is -2.33. The topological polar surface area (TPSA) is 29.5 Å². The highest BCUT2D eigenvalue weighted by Gasteiger charge is 2.38. The molecule has 0 radical (unpaired) electrons. The molecule has 3 unspecified atom stereocenters. The van der Waals surface area contributed by atoms with Crippen LogP contribution in [-0.2, 0) is 4.79 Å². The monoisotopic (exact) mass is 359 g/mol. The summed E-state index contributed by atoms with van der Waals surface area (Å²) in [5, 5.41) is 0. The number of nitrogens with zero attached hydrogens (tertiary/aromatic N) is 1. The third-order valence-electron chi connectivity index (χ3n) is 5.53. The molecule has 1 aromatic carbocycles. The van der Waals surface area contributed by atoms with E-state index in [9.17, 15) is 9.18 Å². The fourth-order valence-corrected chi connectivity index (χ4v) is 4.18. The Morgan fingerprint density at radius 1 is 1.27 bits per heavy atom. The molecule has 2 aliphatic carbocycles. The Bertz CT molecular complexity index is 717. The molecule has 1 saturated carbocycles. The Kier molecular flexibility index (Phi) is 5.25. The van der Waals surface area contributed by atoms with Crippen molar-refractivity contribution in [1.82, 2.24) is 4.90 Å². The maximum atomic E-state index is 14.7. The van der Waals surface area contributed by atoms with Crippen LogP contribution < -0.4 is 4.74 Å². The SMILES string of the molecule is CN(C)CC1C(c2cc(OC(=O)C(C)(C)C)ccc2F)=CC2CCC1C2. The molecule has 0 saturated heterocycles. The molecule has 0 spiro atoms. The third kappa shape index (κ3) is 4.01. The maximum absolute atomic E-state index is 14.7. The van der Waals surface area contributed by atoms with E-state index in [2.05, 4.69) is 25.1 Å². The van der Waals surface area contributed by atoms with Crippen LogP contribution in [0.2, 0.25) is 0 Å². The Balaban J connectivity index is 1.94. The van der Waals surface area contributed by atoms with Crippen LogP contribution in [-0.4, -0.2) is 31.5 Å². The number of benzene rings is 1. The van der Waals surface area contributed by atoms with Crippen LogP contribution in [0.25, 0.3) is 5.57 Å². The first kappa shape index (κ1) is 19.1. The van der Waals surface area contributed by atoms with Crippen molar-refractivity contribution in [3.05, 3.63) is 35.7 Å². The van der Waals surface area contributed by atoms with Crippen molar-refractivity contribution in [1.29, 1.82) is 0 Å². The van der Waals surface area contributed by atoms with Gasteiger partial charge in [0.05, 0.1) is 5.41 Å². The van der Waals surface area contributed by atoms with E-state index >= 15 is 0 Å². The van der Waals surface area contributed by atoms with Crippen LogP contribution in [0.1, 0.15) is 45.6 Å². The highest BCUT2D eigenvalue weighted by molar-refractivity contribution is 5.78. The second kappa shape index (κ2) is 7.15. The molecule has 0 heterocycles. The van der Waals surface area contributed by atoms with Crippen molar-refractivity contribution < 1.29 is 13.9 Å². The Hall–Kier alpha value is -1.68. The van der Waals surface area contributed by atoms with Gasteiger partial charge in [0.15, 0.2) is 0 Å². The molecule has 3 atom stereocenters. The highest BCUT2D eigenvalue weighted by Crippen LogP contribution is 2.48. The normalized spacial score (nSPS) is 25.3. The molecule has 2 bridgehead atoms.